The van der Waals surface area contributed by atoms with Crippen molar-refractivity contribution in [1.29, 1.82) is 0 Å². The summed E-state index contributed by atoms with van der Waals surface area (Å²) in [6.07, 6.45) is 2.99. The number of hydrogen-bond acceptors (Lipinski definition) is 5. The van der Waals surface area contributed by atoms with Gasteiger partial charge < -0.3 is 10.1 Å². The van der Waals surface area contributed by atoms with E-state index < -0.39 is 11.6 Å². The molecule has 5 aromatic carbocycles. The Labute approximate surface area is 291 Å². The molecule has 50 heavy (non-hydrogen) atoms. The lowest BCUT2D eigenvalue weighted by atomic mass is 9.77. The molecule has 0 radical (unpaired) electrons. The van der Waals surface area contributed by atoms with Crippen LogP contribution in [0.4, 0.5) is 5.69 Å². The van der Waals surface area contributed by atoms with Crippen LogP contribution in [0.25, 0.3) is 22.2 Å². The van der Waals surface area contributed by atoms with E-state index in [1.807, 2.05) is 60.7 Å². The Kier molecular flexibility index (Phi) is 8.74. The first-order valence-corrected chi connectivity index (χ1v) is 17.0. The molecule has 246 valence electrons. The van der Waals surface area contributed by atoms with E-state index in [4.69, 9.17) is 9.84 Å². The number of rotatable bonds is 9. The zero-order chi connectivity index (χ0) is 33.8. The van der Waals surface area contributed by atoms with Crippen molar-refractivity contribution < 1.29 is 9.53 Å². The fraction of sp³-hybridized carbons (Fsp3) is 0.140. The molecule has 1 fully saturated rings. The molecule has 2 aromatic heterocycles. The Morgan fingerprint density at radius 1 is 0.740 bits per heavy atom. The quantitative estimate of drug-likeness (QED) is 0.161. The molecule has 1 aliphatic heterocycles. The summed E-state index contributed by atoms with van der Waals surface area (Å²) in [6.45, 7) is 2.59. The van der Waals surface area contributed by atoms with Gasteiger partial charge >= 0.3 is 0 Å². The molecule has 7 nitrogen and oxygen atoms in total. The highest BCUT2D eigenvalue weighted by molar-refractivity contribution is 6.00. The van der Waals surface area contributed by atoms with Crippen LogP contribution in [-0.2, 0) is 21.6 Å². The number of aromatic nitrogens is 3. The molecule has 0 bridgehead atoms. The lowest BCUT2D eigenvalue weighted by molar-refractivity contribution is -0.133. The number of fused-ring (bicyclic) bond motifs is 1. The first-order valence-electron chi connectivity index (χ1n) is 17.0. The Balaban J connectivity index is 1.24. The van der Waals surface area contributed by atoms with E-state index in [1.165, 1.54) is 5.56 Å². The van der Waals surface area contributed by atoms with E-state index in [0.29, 0.717) is 18.8 Å². The van der Waals surface area contributed by atoms with Gasteiger partial charge in [-0.2, -0.15) is 5.10 Å². The molecule has 8 rings (SSSR count). The number of ether oxygens (including phenoxy) is 1. The van der Waals surface area contributed by atoms with Crippen molar-refractivity contribution in [2.24, 2.45) is 0 Å². The fourth-order valence-electron chi connectivity index (χ4n) is 7.15. The van der Waals surface area contributed by atoms with E-state index in [2.05, 4.69) is 111 Å². The molecular formula is C43H37N5O2. The summed E-state index contributed by atoms with van der Waals surface area (Å²) < 4.78 is 8.13. The summed E-state index contributed by atoms with van der Waals surface area (Å²) in [5, 5.41) is 9.55. The standard InChI is InChI=1S/C43H37N5O2/c49-42(40-31-47(27-28-50-40)30-32-13-5-1-6-14-32)45-37-21-22-39-38(29-37)41(33-23-25-44-26-24-33)46-48(39)43(34-15-7-2-8-16-34,35-17-9-3-10-18-35)36-19-11-4-12-20-36/h1-26,29,40H,27-28,30-31H2,(H,45,49). The van der Waals surface area contributed by atoms with Gasteiger partial charge in [-0.25, -0.2) is 4.68 Å². The maximum atomic E-state index is 13.7. The van der Waals surface area contributed by atoms with E-state index in [1.54, 1.807) is 12.4 Å². The maximum absolute atomic E-state index is 13.7. The number of morpholine rings is 1. The van der Waals surface area contributed by atoms with Gasteiger partial charge in [0.1, 0.15) is 17.3 Å². The number of anilines is 1. The first kappa shape index (κ1) is 31.4. The van der Waals surface area contributed by atoms with Gasteiger partial charge in [0.25, 0.3) is 5.91 Å². The third-order valence-electron chi connectivity index (χ3n) is 9.49. The molecule has 1 saturated heterocycles. The molecule has 1 atom stereocenters. The third-order valence-corrected chi connectivity index (χ3v) is 9.49. The highest BCUT2D eigenvalue weighted by Gasteiger charge is 2.41. The van der Waals surface area contributed by atoms with Crippen LogP contribution >= 0.6 is 0 Å². The van der Waals surface area contributed by atoms with Crippen molar-refractivity contribution in [1.82, 2.24) is 19.7 Å². The van der Waals surface area contributed by atoms with E-state index >= 15 is 0 Å². The van der Waals surface area contributed by atoms with Crippen LogP contribution < -0.4 is 5.32 Å². The topological polar surface area (TPSA) is 72.3 Å². The third kappa shape index (κ3) is 5.98. The summed E-state index contributed by atoms with van der Waals surface area (Å²) in [4.78, 5) is 20.2. The normalized spacial score (nSPS) is 15.2. The van der Waals surface area contributed by atoms with Gasteiger partial charge in [0, 0.05) is 48.7 Å². The molecular weight excluding hydrogens is 619 g/mol. The van der Waals surface area contributed by atoms with Crippen LogP contribution in [0, 0.1) is 0 Å². The monoisotopic (exact) mass is 655 g/mol. The predicted octanol–water partition coefficient (Wildman–Crippen LogP) is 7.78. The first-order chi connectivity index (χ1) is 24.7. The predicted molar refractivity (Wildman–Crippen MR) is 198 cm³/mol. The van der Waals surface area contributed by atoms with Crippen molar-refractivity contribution in [3.05, 3.63) is 186 Å². The van der Waals surface area contributed by atoms with E-state index in [-0.39, 0.29) is 5.91 Å². The number of amides is 1. The van der Waals surface area contributed by atoms with Crippen molar-refractivity contribution >= 4 is 22.5 Å². The number of carbonyl (C=O) groups is 1. The highest BCUT2D eigenvalue weighted by Crippen LogP contribution is 2.44. The van der Waals surface area contributed by atoms with Gasteiger partial charge in [-0.05, 0) is 52.6 Å². The van der Waals surface area contributed by atoms with Gasteiger partial charge in [0.05, 0.1) is 12.1 Å². The number of nitrogens with one attached hydrogen (secondary N) is 1. The second-order valence-corrected chi connectivity index (χ2v) is 12.6. The molecule has 7 heteroatoms. The fourth-order valence-corrected chi connectivity index (χ4v) is 7.15. The molecule has 1 unspecified atom stereocenters. The molecule has 7 aromatic rings. The average Bonchev–Trinajstić information content (AvgIpc) is 3.56. The second kappa shape index (κ2) is 13.9. The lowest BCUT2D eigenvalue weighted by Crippen LogP contribution is -2.47. The Morgan fingerprint density at radius 3 is 1.92 bits per heavy atom. The summed E-state index contributed by atoms with van der Waals surface area (Å²) >= 11 is 0. The van der Waals surface area contributed by atoms with Crippen LogP contribution in [0.15, 0.2) is 164 Å². The number of pyridine rings is 1. The SMILES string of the molecule is O=C(Nc1ccc2c(c1)c(-c1ccncc1)nn2C(c1ccccc1)(c1ccccc1)c1ccccc1)C1CN(Cc2ccccc2)CCO1. The van der Waals surface area contributed by atoms with Crippen molar-refractivity contribution in [2.75, 3.05) is 25.0 Å². The second-order valence-electron chi connectivity index (χ2n) is 12.6. The van der Waals surface area contributed by atoms with Crippen LogP contribution in [0.5, 0.6) is 0 Å². The number of hydrogen-bond donors (Lipinski definition) is 1. The zero-order valence-electron chi connectivity index (χ0n) is 27.6. The van der Waals surface area contributed by atoms with Gasteiger partial charge in [0.15, 0.2) is 0 Å². The Morgan fingerprint density at radius 2 is 1.32 bits per heavy atom. The van der Waals surface area contributed by atoms with Crippen molar-refractivity contribution in [3.63, 3.8) is 0 Å². The van der Waals surface area contributed by atoms with Gasteiger partial charge in [-0.3, -0.25) is 14.7 Å². The van der Waals surface area contributed by atoms with Crippen molar-refractivity contribution in [3.8, 4) is 11.3 Å². The summed E-state index contributed by atoms with van der Waals surface area (Å²) in [6, 6.07) is 51.9. The van der Waals surface area contributed by atoms with E-state index in [0.717, 1.165) is 51.9 Å². The molecule has 0 aliphatic carbocycles. The smallest absolute Gasteiger partial charge is 0.254 e. The molecule has 1 N–H and O–H groups in total. The molecule has 0 spiro atoms. The number of nitrogens with zero attached hydrogens (tertiary/aromatic N) is 4. The number of benzene rings is 5. The minimum absolute atomic E-state index is 0.160. The maximum Gasteiger partial charge on any atom is 0.254 e. The van der Waals surface area contributed by atoms with E-state index in [9.17, 15) is 4.79 Å². The highest BCUT2D eigenvalue weighted by atomic mass is 16.5. The van der Waals surface area contributed by atoms with Crippen LogP contribution in [0.3, 0.4) is 0 Å². The minimum Gasteiger partial charge on any atom is -0.366 e. The molecule has 1 aliphatic rings. The van der Waals surface area contributed by atoms with Gasteiger partial charge in [0.2, 0.25) is 0 Å². The minimum atomic E-state index is -0.809. The Hall–Kier alpha value is -5.89. The molecule has 0 saturated carbocycles. The zero-order valence-corrected chi connectivity index (χ0v) is 27.6. The van der Waals surface area contributed by atoms with Crippen LogP contribution in [0.2, 0.25) is 0 Å². The molecule has 3 heterocycles. The summed E-state index contributed by atoms with van der Waals surface area (Å²) in [5.74, 6) is -0.160. The summed E-state index contributed by atoms with van der Waals surface area (Å²) in [5.41, 5.74) is 6.99. The van der Waals surface area contributed by atoms with Crippen molar-refractivity contribution in [2.45, 2.75) is 18.2 Å². The Bertz CT molecular complexity index is 2090. The average molecular weight is 656 g/mol. The van der Waals surface area contributed by atoms with Crippen LogP contribution in [0.1, 0.15) is 22.3 Å². The summed E-state index contributed by atoms with van der Waals surface area (Å²) in [7, 11) is 0. The largest absolute Gasteiger partial charge is 0.366 e. The molecule has 1 amide bonds. The van der Waals surface area contributed by atoms with Gasteiger partial charge in [-0.15, -0.1) is 0 Å². The lowest BCUT2D eigenvalue weighted by Gasteiger charge is -2.37. The van der Waals surface area contributed by atoms with Gasteiger partial charge in [-0.1, -0.05) is 121 Å². The van der Waals surface area contributed by atoms with Crippen LogP contribution in [-0.4, -0.2) is 51.4 Å². The number of carbonyl (C=O) groups excluding carboxylic acids is 1.